The summed E-state index contributed by atoms with van der Waals surface area (Å²) in [4.78, 5) is 11.2. The maximum atomic E-state index is 11.2. The van der Waals surface area contributed by atoms with Gasteiger partial charge in [-0.3, -0.25) is 4.79 Å². The minimum atomic E-state index is -1.00. The largest absolute Gasteiger partial charge is 0.480 e. The molecule has 0 radical (unpaired) electrons. The molecule has 6 heteroatoms. The predicted molar refractivity (Wildman–Crippen MR) is 97.4 cm³/mol. The van der Waals surface area contributed by atoms with Gasteiger partial charge in [-0.15, -0.1) is 0 Å². The van der Waals surface area contributed by atoms with Gasteiger partial charge >= 0.3 is 5.97 Å². The Morgan fingerprint density at radius 1 is 1.20 bits per heavy atom. The molecular weight excluding hydrogens is 342 g/mol. The van der Waals surface area contributed by atoms with Crippen LogP contribution >= 0.6 is 11.6 Å². The van der Waals surface area contributed by atoms with E-state index in [1.54, 1.807) is 18.2 Å². The summed E-state index contributed by atoms with van der Waals surface area (Å²) in [5.74, 6) is 0.291. The molecule has 25 heavy (non-hydrogen) atoms. The molecule has 0 saturated carbocycles. The molecule has 0 saturated heterocycles. The standard InChI is InChI=1S/C19H22ClNO4/c1-12-3-6-17(13(2)9-12)25-18-10-15(20)5-4-14(18)11-21-16(7-8-22)19(23)24/h3-6,9-10,16,21-22H,7-8,11H2,1-2H3,(H,23,24)/t16-/m0/s1. The average molecular weight is 364 g/mol. The topological polar surface area (TPSA) is 78.8 Å². The summed E-state index contributed by atoms with van der Waals surface area (Å²) in [6.07, 6.45) is 0.135. The number of halogens is 1. The lowest BCUT2D eigenvalue weighted by atomic mass is 10.1. The van der Waals surface area contributed by atoms with Crippen molar-refractivity contribution in [2.24, 2.45) is 0 Å². The van der Waals surface area contributed by atoms with Gasteiger partial charge in [0.15, 0.2) is 0 Å². The van der Waals surface area contributed by atoms with Crippen molar-refractivity contribution in [1.82, 2.24) is 5.32 Å². The van der Waals surface area contributed by atoms with Gasteiger partial charge < -0.3 is 20.3 Å². The smallest absolute Gasteiger partial charge is 0.320 e. The van der Waals surface area contributed by atoms with Crippen LogP contribution in [-0.2, 0) is 11.3 Å². The molecule has 1 atom stereocenters. The Bertz CT molecular complexity index is 748. The predicted octanol–water partition coefficient (Wildman–Crippen LogP) is 3.67. The summed E-state index contributed by atoms with van der Waals surface area (Å²) in [6.45, 7) is 4.07. The highest BCUT2D eigenvalue weighted by Gasteiger charge is 2.17. The fourth-order valence-electron chi connectivity index (χ4n) is 2.48. The fraction of sp³-hybridized carbons (Fsp3) is 0.316. The van der Waals surface area contributed by atoms with Gasteiger partial charge in [-0.1, -0.05) is 35.4 Å². The number of aliphatic carboxylic acids is 1. The Balaban J connectivity index is 2.20. The van der Waals surface area contributed by atoms with Gasteiger partial charge in [0, 0.05) is 23.7 Å². The van der Waals surface area contributed by atoms with Gasteiger partial charge in [0.2, 0.25) is 0 Å². The molecule has 2 aromatic carbocycles. The average Bonchev–Trinajstić information content (AvgIpc) is 2.55. The summed E-state index contributed by atoms with van der Waals surface area (Å²) >= 11 is 6.08. The third-order valence-electron chi connectivity index (χ3n) is 3.83. The summed E-state index contributed by atoms with van der Waals surface area (Å²) in [5.41, 5.74) is 2.93. The minimum Gasteiger partial charge on any atom is -0.480 e. The molecule has 2 rings (SSSR count). The van der Waals surface area contributed by atoms with E-state index >= 15 is 0 Å². The number of aryl methyl sites for hydroxylation is 2. The van der Waals surface area contributed by atoms with Crippen LogP contribution in [0.5, 0.6) is 11.5 Å². The molecule has 3 N–H and O–H groups in total. The van der Waals surface area contributed by atoms with E-state index in [2.05, 4.69) is 5.32 Å². The molecule has 0 amide bonds. The molecule has 0 fully saturated rings. The van der Waals surface area contributed by atoms with Crippen molar-refractivity contribution in [3.05, 3.63) is 58.1 Å². The van der Waals surface area contributed by atoms with Crippen LogP contribution in [0.3, 0.4) is 0 Å². The van der Waals surface area contributed by atoms with Crippen molar-refractivity contribution < 1.29 is 19.7 Å². The van der Waals surface area contributed by atoms with E-state index in [9.17, 15) is 4.79 Å². The van der Waals surface area contributed by atoms with Gasteiger partial charge in [-0.2, -0.15) is 0 Å². The van der Waals surface area contributed by atoms with E-state index in [1.807, 2.05) is 32.0 Å². The molecule has 0 aliphatic rings. The SMILES string of the molecule is Cc1ccc(Oc2cc(Cl)ccc2CN[C@@H](CCO)C(=O)O)c(C)c1. The fourth-order valence-corrected chi connectivity index (χ4v) is 2.64. The second-order valence-corrected chi connectivity index (χ2v) is 6.34. The van der Waals surface area contributed by atoms with Crippen LogP contribution < -0.4 is 10.1 Å². The zero-order chi connectivity index (χ0) is 18.4. The lowest BCUT2D eigenvalue weighted by molar-refractivity contribution is -0.139. The highest BCUT2D eigenvalue weighted by Crippen LogP contribution is 2.31. The maximum absolute atomic E-state index is 11.2. The van der Waals surface area contributed by atoms with Gasteiger partial charge in [0.05, 0.1) is 0 Å². The van der Waals surface area contributed by atoms with Gasteiger partial charge in [-0.25, -0.2) is 0 Å². The van der Waals surface area contributed by atoms with E-state index in [0.717, 1.165) is 22.4 Å². The molecule has 0 heterocycles. The first-order chi connectivity index (χ1) is 11.9. The van der Waals surface area contributed by atoms with Crippen LogP contribution in [0, 0.1) is 13.8 Å². The Morgan fingerprint density at radius 3 is 2.60 bits per heavy atom. The van der Waals surface area contributed by atoms with E-state index in [4.69, 9.17) is 26.6 Å². The monoisotopic (exact) mass is 363 g/mol. The zero-order valence-electron chi connectivity index (χ0n) is 14.3. The number of carbonyl (C=O) groups is 1. The molecule has 134 valence electrons. The molecular formula is C19H22ClNO4. The van der Waals surface area contributed by atoms with Crippen LogP contribution in [0.4, 0.5) is 0 Å². The second-order valence-electron chi connectivity index (χ2n) is 5.91. The normalized spacial score (nSPS) is 12.0. The number of carboxylic acid groups (broad SMARTS) is 1. The third kappa shape index (κ3) is 5.46. The summed E-state index contributed by atoms with van der Waals surface area (Å²) < 4.78 is 6.01. The number of hydrogen-bond acceptors (Lipinski definition) is 4. The molecule has 0 aliphatic heterocycles. The van der Waals surface area contributed by atoms with Crippen molar-refractivity contribution >= 4 is 17.6 Å². The highest BCUT2D eigenvalue weighted by molar-refractivity contribution is 6.30. The minimum absolute atomic E-state index is 0.135. The van der Waals surface area contributed by atoms with E-state index in [1.165, 1.54) is 0 Å². The second kappa shape index (κ2) is 8.85. The van der Waals surface area contributed by atoms with Crippen LogP contribution in [0.25, 0.3) is 0 Å². The summed E-state index contributed by atoms with van der Waals surface area (Å²) in [6, 6.07) is 10.3. The zero-order valence-corrected chi connectivity index (χ0v) is 15.0. The maximum Gasteiger partial charge on any atom is 0.320 e. The van der Waals surface area contributed by atoms with Crippen molar-refractivity contribution in [3.8, 4) is 11.5 Å². The highest BCUT2D eigenvalue weighted by atomic mass is 35.5. The van der Waals surface area contributed by atoms with E-state index < -0.39 is 12.0 Å². The molecule has 0 unspecified atom stereocenters. The number of ether oxygens (including phenoxy) is 1. The number of benzene rings is 2. The van der Waals surface area contributed by atoms with E-state index in [-0.39, 0.29) is 19.6 Å². The lowest BCUT2D eigenvalue weighted by Crippen LogP contribution is -2.37. The Kier molecular flexibility index (Phi) is 6.82. The van der Waals surface area contributed by atoms with Crippen molar-refractivity contribution in [1.29, 1.82) is 0 Å². The van der Waals surface area contributed by atoms with Gasteiger partial charge in [0.25, 0.3) is 0 Å². The lowest BCUT2D eigenvalue weighted by Gasteiger charge is -2.17. The van der Waals surface area contributed by atoms with Gasteiger partial charge in [0.1, 0.15) is 17.5 Å². The summed E-state index contributed by atoms with van der Waals surface area (Å²) in [5, 5.41) is 21.6. The number of rotatable bonds is 8. The number of aliphatic hydroxyl groups is 1. The molecule has 0 aliphatic carbocycles. The third-order valence-corrected chi connectivity index (χ3v) is 4.07. The van der Waals surface area contributed by atoms with E-state index in [0.29, 0.717) is 10.8 Å². The first kappa shape index (κ1) is 19.2. The van der Waals surface area contributed by atoms with Gasteiger partial charge in [-0.05, 0) is 44.0 Å². The van der Waals surface area contributed by atoms with Crippen molar-refractivity contribution in [2.75, 3.05) is 6.61 Å². The van der Waals surface area contributed by atoms with Crippen LogP contribution in [0.2, 0.25) is 5.02 Å². The number of nitrogens with one attached hydrogen (secondary N) is 1. The van der Waals surface area contributed by atoms with Crippen molar-refractivity contribution in [3.63, 3.8) is 0 Å². The first-order valence-corrected chi connectivity index (χ1v) is 8.39. The Labute approximate surface area is 152 Å². The quantitative estimate of drug-likeness (QED) is 0.666. The number of hydrogen-bond donors (Lipinski definition) is 3. The Morgan fingerprint density at radius 2 is 1.96 bits per heavy atom. The van der Waals surface area contributed by atoms with Crippen LogP contribution in [0.1, 0.15) is 23.1 Å². The number of carboxylic acids is 1. The molecule has 0 aromatic heterocycles. The van der Waals surface area contributed by atoms with Crippen LogP contribution in [0.15, 0.2) is 36.4 Å². The number of aliphatic hydroxyl groups excluding tert-OH is 1. The van der Waals surface area contributed by atoms with Crippen molar-refractivity contribution in [2.45, 2.75) is 32.9 Å². The molecule has 0 spiro atoms. The molecule has 0 bridgehead atoms. The van der Waals surface area contributed by atoms with Crippen LogP contribution in [-0.4, -0.2) is 28.8 Å². The molecule has 5 nitrogen and oxygen atoms in total. The molecule has 2 aromatic rings. The summed E-state index contributed by atoms with van der Waals surface area (Å²) in [7, 11) is 0. The first-order valence-electron chi connectivity index (χ1n) is 8.01. The Hall–Kier alpha value is -2.08.